The van der Waals surface area contributed by atoms with Gasteiger partial charge in [0.15, 0.2) is 0 Å². The lowest BCUT2D eigenvalue weighted by atomic mass is 9.85. The molecule has 0 spiro atoms. The van der Waals surface area contributed by atoms with Crippen LogP contribution in [0.5, 0.6) is 0 Å². The van der Waals surface area contributed by atoms with Crippen LogP contribution in [0.25, 0.3) is 0 Å². The van der Waals surface area contributed by atoms with Gasteiger partial charge in [-0.15, -0.1) is 0 Å². The van der Waals surface area contributed by atoms with Crippen LogP contribution in [0.2, 0.25) is 0 Å². The molecule has 1 aromatic carbocycles. The Morgan fingerprint density at radius 3 is 2.27 bits per heavy atom. The first-order valence-corrected chi connectivity index (χ1v) is 7.71. The molecule has 5 heteroatoms. The Morgan fingerprint density at radius 2 is 1.73 bits per heavy atom. The Kier molecular flexibility index (Phi) is 7.43. The molecule has 0 unspecified atom stereocenters. The normalized spacial score (nSPS) is 13.5. The van der Waals surface area contributed by atoms with Crippen LogP contribution >= 0.6 is 0 Å². The first kappa shape index (κ1) is 18.0. The van der Waals surface area contributed by atoms with E-state index in [1.165, 1.54) is 0 Å². The molecule has 0 heterocycles. The number of carbonyl (C=O) groups excluding carboxylic acids is 2. The average Bonchev–Trinajstić information content (AvgIpc) is 2.45. The summed E-state index contributed by atoms with van der Waals surface area (Å²) >= 11 is 0. The van der Waals surface area contributed by atoms with Crippen LogP contribution in [0.3, 0.4) is 0 Å². The fraction of sp³-hybridized carbons (Fsp3) is 0.529. The molecular formula is C17H25N2O3-. The van der Waals surface area contributed by atoms with Gasteiger partial charge in [0.05, 0.1) is 5.69 Å². The van der Waals surface area contributed by atoms with Gasteiger partial charge in [-0.25, -0.2) is 0 Å². The van der Waals surface area contributed by atoms with Gasteiger partial charge < -0.3 is 9.90 Å². The molecule has 5 nitrogen and oxygen atoms in total. The van der Waals surface area contributed by atoms with Crippen molar-refractivity contribution in [2.75, 3.05) is 5.43 Å². The number of carboxylic acids is 1. The van der Waals surface area contributed by atoms with E-state index in [0.29, 0.717) is 12.3 Å². The highest BCUT2D eigenvalue weighted by Crippen LogP contribution is 2.22. The van der Waals surface area contributed by atoms with E-state index >= 15 is 0 Å². The first-order valence-electron chi connectivity index (χ1n) is 7.71. The summed E-state index contributed by atoms with van der Waals surface area (Å²) in [7, 11) is 0. The lowest BCUT2D eigenvalue weighted by molar-refractivity contribution is -0.313. The Balaban J connectivity index is 2.44. The molecule has 0 aliphatic carbocycles. The number of benzene rings is 1. The van der Waals surface area contributed by atoms with Crippen molar-refractivity contribution in [2.45, 2.75) is 40.0 Å². The number of carbonyl (C=O) groups is 2. The number of amides is 1. The molecule has 1 rings (SSSR count). The van der Waals surface area contributed by atoms with E-state index in [1.807, 2.05) is 44.2 Å². The summed E-state index contributed by atoms with van der Waals surface area (Å²) in [5.41, 5.74) is 6.17. The maximum Gasteiger partial charge on any atom is 0.238 e. The summed E-state index contributed by atoms with van der Waals surface area (Å²) in [5, 5.41) is 11.3. The van der Waals surface area contributed by atoms with Gasteiger partial charge in [-0.05, 0) is 30.4 Å². The minimum absolute atomic E-state index is 0.149. The van der Waals surface area contributed by atoms with Crippen LogP contribution in [0, 0.1) is 17.8 Å². The van der Waals surface area contributed by atoms with E-state index < -0.39 is 11.9 Å². The molecular weight excluding hydrogens is 280 g/mol. The molecule has 0 fully saturated rings. The van der Waals surface area contributed by atoms with Gasteiger partial charge >= 0.3 is 0 Å². The zero-order chi connectivity index (χ0) is 16.5. The van der Waals surface area contributed by atoms with E-state index in [-0.39, 0.29) is 18.2 Å². The summed E-state index contributed by atoms with van der Waals surface area (Å²) < 4.78 is 0. The topological polar surface area (TPSA) is 81.3 Å². The van der Waals surface area contributed by atoms with Gasteiger partial charge in [0.25, 0.3) is 0 Å². The monoisotopic (exact) mass is 305 g/mol. The second-order valence-electron chi connectivity index (χ2n) is 6.12. The van der Waals surface area contributed by atoms with Crippen molar-refractivity contribution in [2.24, 2.45) is 17.8 Å². The minimum Gasteiger partial charge on any atom is -0.550 e. The number of para-hydroxylation sites is 1. The van der Waals surface area contributed by atoms with Crippen LogP contribution in [-0.2, 0) is 9.59 Å². The standard InChI is InChI=1S/C17H26N2O3/c1-12(2)9-10-15(17(21)22)13(3)11-16(20)19-18-14-7-5-4-6-8-14/h4-8,12-13,15,18H,9-11H2,1-3H3,(H,19,20)(H,21,22)/p-1/t13-,15-/m1/s1. The molecule has 122 valence electrons. The number of hydrogen-bond acceptors (Lipinski definition) is 4. The number of carboxylic acid groups (broad SMARTS) is 1. The van der Waals surface area contributed by atoms with Crippen molar-refractivity contribution < 1.29 is 14.7 Å². The zero-order valence-electron chi connectivity index (χ0n) is 13.5. The molecule has 0 aliphatic rings. The zero-order valence-corrected chi connectivity index (χ0v) is 13.5. The molecule has 0 radical (unpaired) electrons. The fourth-order valence-corrected chi connectivity index (χ4v) is 2.30. The maximum absolute atomic E-state index is 11.9. The van der Waals surface area contributed by atoms with Crippen molar-refractivity contribution in [3.63, 3.8) is 0 Å². The number of nitrogens with one attached hydrogen (secondary N) is 2. The lowest BCUT2D eigenvalue weighted by Crippen LogP contribution is -2.38. The Hall–Kier alpha value is -2.04. The number of anilines is 1. The van der Waals surface area contributed by atoms with E-state index in [0.717, 1.165) is 12.1 Å². The number of hydrazine groups is 1. The van der Waals surface area contributed by atoms with Gasteiger partial charge in [0.2, 0.25) is 5.91 Å². The molecule has 0 saturated carbocycles. The quantitative estimate of drug-likeness (QED) is 0.683. The third kappa shape index (κ3) is 6.61. The number of rotatable bonds is 9. The number of aliphatic carboxylic acids is 1. The van der Waals surface area contributed by atoms with Crippen molar-refractivity contribution in [1.82, 2.24) is 5.43 Å². The van der Waals surface area contributed by atoms with Crippen molar-refractivity contribution in [3.8, 4) is 0 Å². The van der Waals surface area contributed by atoms with E-state index in [9.17, 15) is 14.7 Å². The summed E-state index contributed by atoms with van der Waals surface area (Å²) in [5.74, 6) is -1.72. The van der Waals surface area contributed by atoms with Crippen LogP contribution in [0.4, 0.5) is 5.69 Å². The van der Waals surface area contributed by atoms with Gasteiger partial charge in [-0.3, -0.25) is 15.6 Å². The molecule has 0 aliphatic heterocycles. The summed E-state index contributed by atoms with van der Waals surface area (Å²) in [6.07, 6.45) is 1.50. The van der Waals surface area contributed by atoms with Crippen LogP contribution in [0.15, 0.2) is 30.3 Å². The Bertz CT molecular complexity index is 474. The summed E-state index contributed by atoms with van der Waals surface area (Å²) in [6.45, 7) is 5.88. The van der Waals surface area contributed by atoms with Crippen LogP contribution < -0.4 is 16.0 Å². The predicted octanol–water partition coefficient (Wildman–Crippen LogP) is 1.96. The van der Waals surface area contributed by atoms with Crippen LogP contribution in [-0.4, -0.2) is 11.9 Å². The van der Waals surface area contributed by atoms with E-state index in [2.05, 4.69) is 10.9 Å². The molecule has 2 N–H and O–H groups in total. The third-order valence-corrected chi connectivity index (χ3v) is 3.67. The van der Waals surface area contributed by atoms with Crippen molar-refractivity contribution >= 4 is 17.6 Å². The predicted molar refractivity (Wildman–Crippen MR) is 84.6 cm³/mol. The van der Waals surface area contributed by atoms with Crippen molar-refractivity contribution in [1.29, 1.82) is 0 Å². The summed E-state index contributed by atoms with van der Waals surface area (Å²) in [4.78, 5) is 23.2. The highest BCUT2D eigenvalue weighted by Gasteiger charge is 2.21. The second-order valence-corrected chi connectivity index (χ2v) is 6.12. The minimum atomic E-state index is -1.07. The average molecular weight is 305 g/mol. The number of hydrogen-bond donors (Lipinski definition) is 2. The summed E-state index contributed by atoms with van der Waals surface area (Å²) in [6, 6.07) is 9.26. The molecule has 0 aromatic heterocycles. The van der Waals surface area contributed by atoms with Gasteiger partial charge in [0.1, 0.15) is 0 Å². The largest absolute Gasteiger partial charge is 0.550 e. The molecule has 1 aromatic rings. The molecule has 22 heavy (non-hydrogen) atoms. The molecule has 0 saturated heterocycles. The third-order valence-electron chi connectivity index (χ3n) is 3.67. The van der Waals surface area contributed by atoms with Crippen LogP contribution in [0.1, 0.15) is 40.0 Å². The fourth-order valence-electron chi connectivity index (χ4n) is 2.30. The Morgan fingerprint density at radius 1 is 1.09 bits per heavy atom. The van der Waals surface area contributed by atoms with Gasteiger partial charge in [0, 0.05) is 18.3 Å². The lowest BCUT2D eigenvalue weighted by Gasteiger charge is -2.25. The SMILES string of the molecule is CC(C)CC[C@@H](C(=O)[O-])[C@H](C)CC(=O)NNc1ccccc1. The van der Waals surface area contributed by atoms with Gasteiger partial charge in [-0.1, -0.05) is 45.4 Å². The second kappa shape index (κ2) is 9.07. The maximum atomic E-state index is 11.9. The first-order chi connectivity index (χ1) is 10.4. The van der Waals surface area contributed by atoms with E-state index in [4.69, 9.17) is 0 Å². The Labute approximate surface area is 132 Å². The van der Waals surface area contributed by atoms with Crippen molar-refractivity contribution in [3.05, 3.63) is 30.3 Å². The molecule has 2 atom stereocenters. The highest BCUT2D eigenvalue weighted by atomic mass is 16.4. The smallest absolute Gasteiger partial charge is 0.238 e. The highest BCUT2D eigenvalue weighted by molar-refractivity contribution is 5.78. The molecule has 0 bridgehead atoms. The van der Waals surface area contributed by atoms with E-state index in [1.54, 1.807) is 6.92 Å². The molecule has 1 amide bonds. The van der Waals surface area contributed by atoms with Gasteiger partial charge in [-0.2, -0.15) is 0 Å².